The van der Waals surface area contributed by atoms with Crippen LogP contribution < -0.4 is 9.47 Å². The van der Waals surface area contributed by atoms with Gasteiger partial charge in [-0.2, -0.15) is 0 Å². The molecule has 0 aliphatic carbocycles. The summed E-state index contributed by atoms with van der Waals surface area (Å²) in [7, 11) is 0. The van der Waals surface area contributed by atoms with E-state index in [1.54, 1.807) is 0 Å². The minimum atomic E-state index is -0.0895. The van der Waals surface area contributed by atoms with Crippen molar-refractivity contribution in [3.8, 4) is 23.0 Å². The van der Waals surface area contributed by atoms with Crippen LogP contribution in [0.3, 0.4) is 0 Å². The SMILES string of the molecule is CC=Cc1ccccc1Oc1ccc(C(CC)c2ccc(Oc3ccccc3C=CC)c(C(C)(C)C)c2)cc1C(C)(C)C. The van der Waals surface area contributed by atoms with Gasteiger partial charge < -0.3 is 9.47 Å². The van der Waals surface area contributed by atoms with Gasteiger partial charge in [-0.25, -0.2) is 0 Å². The van der Waals surface area contributed by atoms with Crippen LogP contribution in [-0.4, -0.2) is 0 Å². The molecule has 0 aromatic heterocycles. The van der Waals surface area contributed by atoms with E-state index in [2.05, 4.69) is 109 Å². The second kappa shape index (κ2) is 13.5. The van der Waals surface area contributed by atoms with Gasteiger partial charge in [-0.3, -0.25) is 0 Å². The lowest BCUT2D eigenvalue weighted by atomic mass is 9.79. The molecule has 2 heteroatoms. The van der Waals surface area contributed by atoms with E-state index in [1.807, 2.05) is 62.4 Å². The predicted octanol–water partition coefficient (Wildman–Crippen LogP) is 12.5. The van der Waals surface area contributed by atoms with Gasteiger partial charge in [0, 0.05) is 28.2 Å². The molecule has 0 heterocycles. The zero-order valence-electron chi connectivity index (χ0n) is 27.5. The summed E-state index contributed by atoms with van der Waals surface area (Å²) in [4.78, 5) is 0. The molecule has 2 nitrogen and oxygen atoms in total. The second-order valence-corrected chi connectivity index (χ2v) is 13.3. The first kappa shape index (κ1) is 31.9. The summed E-state index contributed by atoms with van der Waals surface area (Å²) >= 11 is 0. The van der Waals surface area contributed by atoms with Crippen LogP contribution in [-0.2, 0) is 10.8 Å². The van der Waals surface area contributed by atoms with E-state index >= 15 is 0 Å². The topological polar surface area (TPSA) is 18.5 Å². The quantitative estimate of drug-likeness (QED) is 0.199. The van der Waals surface area contributed by atoms with E-state index in [0.29, 0.717) is 0 Å². The van der Waals surface area contributed by atoms with Crippen LogP contribution in [0.15, 0.2) is 97.1 Å². The molecule has 4 aromatic carbocycles. The molecule has 0 fully saturated rings. The third-order valence-electron chi connectivity index (χ3n) is 7.81. The van der Waals surface area contributed by atoms with Crippen LogP contribution in [0.2, 0.25) is 0 Å². The number of allylic oxidation sites excluding steroid dienone is 2. The summed E-state index contributed by atoms with van der Waals surface area (Å²) in [6, 6.07) is 29.9. The number of para-hydroxylation sites is 2. The van der Waals surface area contributed by atoms with Crippen molar-refractivity contribution in [2.75, 3.05) is 0 Å². The number of ether oxygens (including phenoxy) is 2. The van der Waals surface area contributed by atoms with Gasteiger partial charge in [0.1, 0.15) is 23.0 Å². The van der Waals surface area contributed by atoms with E-state index in [9.17, 15) is 0 Å². The van der Waals surface area contributed by atoms with Gasteiger partial charge in [0.15, 0.2) is 0 Å². The largest absolute Gasteiger partial charge is 0.456 e. The summed E-state index contributed by atoms with van der Waals surface area (Å²) < 4.78 is 13.2. The first-order chi connectivity index (χ1) is 20.5. The maximum atomic E-state index is 6.58. The molecule has 0 N–H and O–H groups in total. The lowest BCUT2D eigenvalue weighted by Crippen LogP contribution is -2.15. The van der Waals surface area contributed by atoms with Gasteiger partial charge in [-0.1, -0.05) is 133 Å². The molecule has 224 valence electrons. The smallest absolute Gasteiger partial charge is 0.134 e. The summed E-state index contributed by atoms with van der Waals surface area (Å²) in [6.45, 7) is 19.9. The zero-order valence-corrected chi connectivity index (χ0v) is 27.5. The average molecular weight is 573 g/mol. The van der Waals surface area contributed by atoms with Crippen LogP contribution in [0, 0.1) is 0 Å². The Bertz CT molecular complexity index is 1470. The second-order valence-electron chi connectivity index (χ2n) is 13.3. The lowest BCUT2D eigenvalue weighted by molar-refractivity contribution is 0.453. The fourth-order valence-corrected chi connectivity index (χ4v) is 5.56. The highest BCUT2D eigenvalue weighted by Crippen LogP contribution is 2.42. The lowest BCUT2D eigenvalue weighted by Gasteiger charge is -2.28. The molecule has 4 aromatic rings. The Morgan fingerprint density at radius 3 is 1.30 bits per heavy atom. The van der Waals surface area contributed by atoms with Gasteiger partial charge in [0.25, 0.3) is 0 Å². The Morgan fingerprint density at radius 2 is 0.953 bits per heavy atom. The van der Waals surface area contributed by atoms with Gasteiger partial charge in [-0.15, -0.1) is 0 Å². The number of rotatable bonds is 9. The fourth-order valence-electron chi connectivity index (χ4n) is 5.56. The minimum Gasteiger partial charge on any atom is -0.456 e. The van der Waals surface area contributed by atoms with Crippen molar-refractivity contribution < 1.29 is 9.47 Å². The number of hydrogen-bond donors (Lipinski definition) is 0. The van der Waals surface area contributed by atoms with Crippen LogP contribution in [0.4, 0.5) is 0 Å². The Hall–Kier alpha value is -4.04. The van der Waals surface area contributed by atoms with Gasteiger partial charge in [0.2, 0.25) is 0 Å². The maximum Gasteiger partial charge on any atom is 0.134 e. The van der Waals surface area contributed by atoms with Crippen molar-refractivity contribution in [1.29, 1.82) is 0 Å². The van der Waals surface area contributed by atoms with Crippen LogP contribution in [0.1, 0.15) is 108 Å². The first-order valence-corrected chi connectivity index (χ1v) is 15.5. The molecule has 0 saturated carbocycles. The Kier molecular flexibility index (Phi) is 10.0. The molecular formula is C41H48O2. The molecule has 0 unspecified atom stereocenters. The summed E-state index contributed by atoms with van der Waals surface area (Å²) in [5.41, 5.74) is 6.98. The van der Waals surface area contributed by atoms with Gasteiger partial charge in [0.05, 0.1) is 0 Å². The minimum absolute atomic E-state index is 0.0895. The summed E-state index contributed by atoms with van der Waals surface area (Å²) in [5.74, 6) is 3.79. The van der Waals surface area contributed by atoms with Crippen molar-refractivity contribution in [1.82, 2.24) is 0 Å². The zero-order chi connectivity index (χ0) is 31.2. The highest BCUT2D eigenvalue weighted by Gasteiger charge is 2.25. The van der Waals surface area contributed by atoms with Crippen molar-refractivity contribution in [2.45, 2.75) is 85.5 Å². The molecule has 0 aliphatic rings. The molecule has 0 radical (unpaired) electrons. The number of hydrogen-bond acceptors (Lipinski definition) is 2. The van der Waals surface area contributed by atoms with E-state index in [0.717, 1.165) is 40.5 Å². The fraction of sp³-hybridized carbons (Fsp3) is 0.317. The predicted molar refractivity (Wildman–Crippen MR) is 185 cm³/mol. The van der Waals surface area contributed by atoms with Crippen LogP contribution in [0.5, 0.6) is 23.0 Å². The maximum absolute atomic E-state index is 6.58. The molecule has 0 bridgehead atoms. The third kappa shape index (κ3) is 7.68. The Labute approximate surface area is 260 Å². The summed E-state index contributed by atoms with van der Waals surface area (Å²) in [5, 5.41) is 0. The van der Waals surface area contributed by atoms with E-state index in [1.165, 1.54) is 22.3 Å². The number of benzene rings is 4. The third-order valence-corrected chi connectivity index (χ3v) is 7.81. The highest BCUT2D eigenvalue weighted by molar-refractivity contribution is 5.60. The Balaban J connectivity index is 1.75. The van der Waals surface area contributed by atoms with Crippen LogP contribution >= 0.6 is 0 Å². The molecule has 0 saturated heterocycles. The first-order valence-electron chi connectivity index (χ1n) is 15.5. The van der Waals surface area contributed by atoms with Crippen molar-refractivity contribution >= 4 is 12.2 Å². The molecule has 4 rings (SSSR count). The Morgan fingerprint density at radius 1 is 0.558 bits per heavy atom. The molecule has 0 spiro atoms. The normalized spacial score (nSPS) is 13.0. The molecule has 43 heavy (non-hydrogen) atoms. The van der Waals surface area contributed by atoms with Gasteiger partial charge in [-0.05, 0) is 66.5 Å². The van der Waals surface area contributed by atoms with Crippen LogP contribution in [0.25, 0.3) is 12.2 Å². The molecule has 0 aliphatic heterocycles. The highest BCUT2D eigenvalue weighted by atomic mass is 16.5. The van der Waals surface area contributed by atoms with E-state index in [4.69, 9.17) is 9.47 Å². The average Bonchev–Trinajstić information content (AvgIpc) is 2.96. The standard InChI is InChI=1S/C41H48O2/c1-10-17-29-19-13-15-21-36(29)42-38-25-23-31(27-34(38)40(4,5)6)33(12-3)32-24-26-39(35(28-32)41(7,8)9)43-37-22-16-14-20-30(37)18-11-2/h10-11,13-28,33H,12H2,1-9H3. The molecule has 0 atom stereocenters. The molecule has 0 amide bonds. The monoisotopic (exact) mass is 572 g/mol. The van der Waals surface area contributed by atoms with Crippen molar-refractivity contribution in [3.63, 3.8) is 0 Å². The van der Waals surface area contributed by atoms with Gasteiger partial charge >= 0.3 is 0 Å². The van der Waals surface area contributed by atoms with E-state index < -0.39 is 0 Å². The van der Waals surface area contributed by atoms with Crippen molar-refractivity contribution in [3.05, 3.63) is 130 Å². The summed E-state index contributed by atoms with van der Waals surface area (Å²) in [6.07, 6.45) is 9.26. The van der Waals surface area contributed by atoms with Crippen molar-refractivity contribution in [2.24, 2.45) is 0 Å². The molecular weight excluding hydrogens is 524 g/mol. The van der Waals surface area contributed by atoms with E-state index in [-0.39, 0.29) is 16.7 Å².